The Balaban J connectivity index is 1.33. The summed E-state index contributed by atoms with van der Waals surface area (Å²) in [4.78, 5) is 47.8. The molecule has 11 nitrogen and oxygen atoms in total. The molecule has 3 aromatic carbocycles. The van der Waals surface area contributed by atoms with E-state index < -0.39 is 12.2 Å². The number of ether oxygens (including phenoxy) is 1. The van der Waals surface area contributed by atoms with Gasteiger partial charge in [-0.3, -0.25) is 9.59 Å². The second-order valence-electron chi connectivity index (χ2n) is 12.2. The number of anilines is 1. The van der Waals surface area contributed by atoms with Gasteiger partial charge in [0.25, 0.3) is 0 Å². The molecule has 0 saturated carbocycles. The van der Waals surface area contributed by atoms with Gasteiger partial charge in [0.1, 0.15) is 18.0 Å². The summed E-state index contributed by atoms with van der Waals surface area (Å²) in [6.07, 6.45) is 1.17. The molecule has 3 saturated heterocycles. The number of morpholine rings is 1. The van der Waals surface area contributed by atoms with Crippen molar-refractivity contribution in [2.24, 2.45) is 0 Å². The average molecular weight is 639 g/mol. The fourth-order valence-electron chi connectivity index (χ4n) is 6.67. The molecule has 0 spiro atoms. The molecule has 0 aromatic heterocycles. The van der Waals surface area contributed by atoms with E-state index in [-0.39, 0.29) is 49.7 Å². The summed E-state index contributed by atoms with van der Waals surface area (Å²) in [5.41, 5.74) is 4.98. The van der Waals surface area contributed by atoms with Crippen LogP contribution in [0.1, 0.15) is 22.3 Å². The molecule has 0 bridgehead atoms. The maximum absolute atomic E-state index is 14.4. The van der Waals surface area contributed by atoms with Crippen molar-refractivity contribution in [3.63, 3.8) is 0 Å². The normalized spacial score (nSPS) is 20.3. The molecule has 3 aromatic rings. The molecular weight excluding hydrogens is 596 g/mol. The van der Waals surface area contributed by atoms with Gasteiger partial charge in [0.05, 0.1) is 26.3 Å². The summed E-state index contributed by atoms with van der Waals surface area (Å²) in [6, 6.07) is 21.3. The van der Waals surface area contributed by atoms with Gasteiger partial charge < -0.3 is 29.9 Å². The van der Waals surface area contributed by atoms with Gasteiger partial charge in [0.2, 0.25) is 11.8 Å². The third kappa shape index (κ3) is 7.11. The number of hydrazine groups is 1. The van der Waals surface area contributed by atoms with E-state index in [9.17, 15) is 19.5 Å². The lowest BCUT2D eigenvalue weighted by molar-refractivity contribution is -0.189. The van der Waals surface area contributed by atoms with Crippen LogP contribution in [0, 0.1) is 6.92 Å². The molecule has 3 heterocycles. The van der Waals surface area contributed by atoms with E-state index >= 15 is 0 Å². The standard InChI is InChI=1S/C36H42N6O5/c1-3-15-40-25-34(44)41-32(20-27-11-13-30(43)14-12-27)35(45)39(23-29-10-9-26(2)31(21-29)38-16-18-47-19-17-38)24-33(41)42(40)36(46)37-22-28-7-5-4-6-8-28/h3-14,21,32-33,43H,1,15-20,22-25H2,2H3,(H,37,46)/t32-,33?/m0/s1. The Morgan fingerprint density at radius 2 is 1.72 bits per heavy atom. The zero-order valence-electron chi connectivity index (χ0n) is 26.8. The number of piperazine rings is 1. The van der Waals surface area contributed by atoms with E-state index in [1.165, 1.54) is 0 Å². The second kappa shape index (κ2) is 14.3. The van der Waals surface area contributed by atoms with Gasteiger partial charge in [-0.05, 0) is 47.4 Å². The fraction of sp³-hybridized carbons (Fsp3) is 0.361. The maximum Gasteiger partial charge on any atom is 0.334 e. The Morgan fingerprint density at radius 3 is 2.45 bits per heavy atom. The van der Waals surface area contributed by atoms with E-state index in [0.717, 1.165) is 41.0 Å². The van der Waals surface area contributed by atoms with Gasteiger partial charge in [-0.2, -0.15) is 0 Å². The Morgan fingerprint density at radius 1 is 1.00 bits per heavy atom. The Labute approximate surface area is 275 Å². The molecule has 3 aliphatic rings. The molecule has 2 N–H and O–H groups in total. The van der Waals surface area contributed by atoms with Crippen LogP contribution in [-0.4, -0.2) is 101 Å². The van der Waals surface area contributed by atoms with E-state index in [4.69, 9.17) is 4.74 Å². The molecule has 0 aliphatic carbocycles. The van der Waals surface area contributed by atoms with Gasteiger partial charge in [0, 0.05) is 44.8 Å². The van der Waals surface area contributed by atoms with Gasteiger partial charge in [-0.15, -0.1) is 6.58 Å². The Kier molecular flexibility index (Phi) is 9.74. The number of carbonyl (C=O) groups is 3. The SMILES string of the molecule is C=CCN1CC(=O)N2C(CN(Cc3ccc(C)c(N4CCOCC4)c3)C(=O)[C@@H]2Cc2ccc(O)cc2)N1C(=O)NCc1ccccc1. The highest BCUT2D eigenvalue weighted by molar-refractivity contribution is 5.91. The minimum absolute atomic E-state index is 0.0680. The number of phenolic OH excluding ortho intramolecular Hbond substituents is 1. The highest BCUT2D eigenvalue weighted by Gasteiger charge is 2.51. The van der Waals surface area contributed by atoms with Crippen LogP contribution in [0.25, 0.3) is 0 Å². The zero-order chi connectivity index (χ0) is 32.9. The number of urea groups is 1. The smallest absolute Gasteiger partial charge is 0.334 e. The first kappa shape index (κ1) is 32.1. The summed E-state index contributed by atoms with van der Waals surface area (Å²) in [6.45, 7) is 9.87. The van der Waals surface area contributed by atoms with E-state index in [1.807, 2.05) is 36.4 Å². The Hall–Kier alpha value is -4.87. The number of rotatable bonds is 9. The van der Waals surface area contributed by atoms with Crippen molar-refractivity contribution in [2.75, 3.05) is 50.8 Å². The molecule has 47 heavy (non-hydrogen) atoms. The number of fused-ring (bicyclic) bond motifs is 1. The lowest BCUT2D eigenvalue weighted by Crippen LogP contribution is -2.76. The first-order valence-corrected chi connectivity index (χ1v) is 16.1. The number of amides is 4. The lowest BCUT2D eigenvalue weighted by atomic mass is 9.98. The van der Waals surface area contributed by atoms with Crippen LogP contribution in [-0.2, 0) is 33.8 Å². The van der Waals surface area contributed by atoms with Crippen molar-refractivity contribution in [1.82, 2.24) is 25.1 Å². The number of hydrogen-bond donors (Lipinski definition) is 2. The highest BCUT2D eigenvalue weighted by Crippen LogP contribution is 2.31. The van der Waals surface area contributed by atoms with Crippen LogP contribution >= 0.6 is 0 Å². The van der Waals surface area contributed by atoms with E-state index in [2.05, 4.69) is 35.9 Å². The first-order chi connectivity index (χ1) is 22.8. The number of benzene rings is 3. The van der Waals surface area contributed by atoms with E-state index in [1.54, 1.807) is 50.2 Å². The largest absolute Gasteiger partial charge is 0.508 e. The number of hydrogen-bond acceptors (Lipinski definition) is 7. The van der Waals surface area contributed by atoms with Crippen molar-refractivity contribution < 1.29 is 24.2 Å². The van der Waals surface area contributed by atoms with Crippen LogP contribution in [0.5, 0.6) is 5.75 Å². The molecule has 6 rings (SSSR count). The minimum Gasteiger partial charge on any atom is -0.508 e. The number of nitrogens with zero attached hydrogens (tertiary/aromatic N) is 5. The van der Waals surface area contributed by atoms with Crippen molar-refractivity contribution in [1.29, 1.82) is 0 Å². The van der Waals surface area contributed by atoms with E-state index in [0.29, 0.717) is 26.3 Å². The predicted molar refractivity (Wildman–Crippen MR) is 178 cm³/mol. The maximum atomic E-state index is 14.4. The summed E-state index contributed by atoms with van der Waals surface area (Å²) < 4.78 is 5.56. The zero-order valence-corrected chi connectivity index (χ0v) is 26.8. The van der Waals surface area contributed by atoms with Crippen LogP contribution in [0.3, 0.4) is 0 Å². The van der Waals surface area contributed by atoms with Crippen molar-refractivity contribution in [3.8, 4) is 5.75 Å². The molecule has 1 unspecified atom stereocenters. The second-order valence-corrected chi connectivity index (χ2v) is 12.2. The quantitative estimate of drug-likeness (QED) is 0.347. The van der Waals surface area contributed by atoms with Crippen molar-refractivity contribution in [3.05, 3.63) is 108 Å². The number of carbonyl (C=O) groups excluding carboxylic acids is 3. The summed E-state index contributed by atoms with van der Waals surface area (Å²) in [5, 5.41) is 16.2. The van der Waals surface area contributed by atoms with Gasteiger partial charge in [-0.1, -0.05) is 60.7 Å². The average Bonchev–Trinajstić information content (AvgIpc) is 3.08. The van der Waals surface area contributed by atoms with Crippen LogP contribution in [0.4, 0.5) is 10.5 Å². The van der Waals surface area contributed by atoms with Gasteiger partial charge in [0.15, 0.2) is 0 Å². The lowest BCUT2D eigenvalue weighted by Gasteiger charge is -2.55. The van der Waals surface area contributed by atoms with Gasteiger partial charge >= 0.3 is 6.03 Å². The van der Waals surface area contributed by atoms with Crippen molar-refractivity contribution >= 4 is 23.5 Å². The molecular formula is C36H42N6O5. The molecule has 2 atom stereocenters. The third-order valence-corrected chi connectivity index (χ3v) is 9.03. The third-order valence-electron chi connectivity index (χ3n) is 9.03. The fourth-order valence-corrected chi connectivity index (χ4v) is 6.67. The molecule has 11 heteroatoms. The molecule has 0 radical (unpaired) electrons. The number of nitrogens with one attached hydrogen (secondary N) is 1. The molecule has 3 fully saturated rings. The van der Waals surface area contributed by atoms with Gasteiger partial charge in [-0.25, -0.2) is 14.8 Å². The summed E-state index contributed by atoms with van der Waals surface area (Å²) in [5.74, 6) is -0.294. The summed E-state index contributed by atoms with van der Waals surface area (Å²) in [7, 11) is 0. The topological polar surface area (TPSA) is 109 Å². The van der Waals surface area contributed by atoms with Crippen LogP contribution in [0.15, 0.2) is 85.5 Å². The Bertz CT molecular complexity index is 1590. The number of phenols is 1. The van der Waals surface area contributed by atoms with Crippen molar-refractivity contribution in [2.45, 2.75) is 38.6 Å². The monoisotopic (exact) mass is 638 g/mol. The molecule has 246 valence electrons. The highest BCUT2D eigenvalue weighted by atomic mass is 16.5. The first-order valence-electron chi connectivity index (χ1n) is 16.1. The molecule has 4 amide bonds. The summed E-state index contributed by atoms with van der Waals surface area (Å²) >= 11 is 0. The van der Waals surface area contributed by atoms with Crippen LogP contribution < -0.4 is 10.2 Å². The number of aromatic hydroxyl groups is 1. The minimum atomic E-state index is -0.842. The predicted octanol–water partition coefficient (Wildman–Crippen LogP) is 3.27. The molecule has 3 aliphatic heterocycles. The van der Waals surface area contributed by atoms with Crippen LogP contribution in [0.2, 0.25) is 0 Å². The number of aryl methyl sites for hydroxylation is 1.